The lowest BCUT2D eigenvalue weighted by molar-refractivity contribution is 0.0961. The van der Waals surface area contributed by atoms with E-state index in [-0.39, 0.29) is 0 Å². The second kappa shape index (κ2) is 8.97. The number of hydrogen-bond donors (Lipinski definition) is 1. The molecular weight excluding hydrogens is 234 g/mol. The van der Waals surface area contributed by atoms with Crippen molar-refractivity contribution in [1.29, 1.82) is 0 Å². The summed E-state index contributed by atoms with van der Waals surface area (Å²) in [5.41, 5.74) is 0. The fourth-order valence-corrected chi connectivity index (χ4v) is 3.89. The first-order valence-electron chi connectivity index (χ1n) is 8.75. The van der Waals surface area contributed by atoms with Crippen molar-refractivity contribution < 1.29 is 4.74 Å². The van der Waals surface area contributed by atoms with Crippen molar-refractivity contribution in [3.63, 3.8) is 0 Å². The molecule has 0 aromatic rings. The van der Waals surface area contributed by atoms with Gasteiger partial charge in [0.05, 0.1) is 6.10 Å². The Bertz CT molecular complexity index is 217. The fraction of sp³-hybridized carbons (Fsp3) is 1.00. The number of nitrogens with one attached hydrogen (secondary N) is 1. The van der Waals surface area contributed by atoms with E-state index < -0.39 is 0 Å². The van der Waals surface area contributed by atoms with Crippen LogP contribution in [0.1, 0.15) is 77.6 Å². The maximum atomic E-state index is 5.79. The van der Waals surface area contributed by atoms with Crippen LogP contribution in [0.3, 0.4) is 0 Å². The van der Waals surface area contributed by atoms with Gasteiger partial charge < -0.3 is 10.1 Å². The molecule has 0 aromatic carbocycles. The summed E-state index contributed by atoms with van der Waals surface area (Å²) in [5.74, 6) is 0.918. The lowest BCUT2D eigenvalue weighted by atomic mass is 9.83. The van der Waals surface area contributed by atoms with E-state index in [0.717, 1.165) is 25.1 Å². The van der Waals surface area contributed by atoms with E-state index in [2.05, 4.69) is 12.2 Å². The van der Waals surface area contributed by atoms with Crippen molar-refractivity contribution in [2.45, 2.75) is 89.7 Å². The summed E-state index contributed by atoms with van der Waals surface area (Å²) in [6.07, 6.45) is 15.9. The van der Waals surface area contributed by atoms with Gasteiger partial charge in [-0.25, -0.2) is 0 Å². The molecule has 2 nitrogen and oxygen atoms in total. The SMILES string of the molecule is CCNC(CCC1CCCO1)C1CCCCCCC1. The summed E-state index contributed by atoms with van der Waals surface area (Å²) >= 11 is 0. The van der Waals surface area contributed by atoms with Crippen molar-refractivity contribution in [1.82, 2.24) is 5.32 Å². The van der Waals surface area contributed by atoms with Gasteiger partial charge in [0.25, 0.3) is 0 Å². The third-order valence-corrected chi connectivity index (χ3v) is 5.01. The molecule has 0 amide bonds. The fourth-order valence-electron chi connectivity index (χ4n) is 3.89. The zero-order chi connectivity index (χ0) is 13.3. The molecule has 1 N–H and O–H groups in total. The van der Waals surface area contributed by atoms with Crippen LogP contribution in [-0.4, -0.2) is 25.3 Å². The Balaban J connectivity index is 1.78. The van der Waals surface area contributed by atoms with Gasteiger partial charge in [-0.15, -0.1) is 0 Å². The van der Waals surface area contributed by atoms with E-state index in [0.29, 0.717) is 6.10 Å². The molecule has 2 atom stereocenters. The minimum atomic E-state index is 0.565. The predicted molar refractivity (Wildman–Crippen MR) is 81.5 cm³/mol. The van der Waals surface area contributed by atoms with Gasteiger partial charge >= 0.3 is 0 Å². The molecule has 1 saturated heterocycles. The van der Waals surface area contributed by atoms with E-state index in [4.69, 9.17) is 4.74 Å². The molecule has 2 heteroatoms. The zero-order valence-electron chi connectivity index (χ0n) is 12.8. The van der Waals surface area contributed by atoms with E-state index >= 15 is 0 Å². The molecule has 112 valence electrons. The van der Waals surface area contributed by atoms with Gasteiger partial charge in [0, 0.05) is 12.6 Å². The number of ether oxygens (including phenoxy) is 1. The average Bonchev–Trinajstić information content (AvgIpc) is 2.88. The molecule has 19 heavy (non-hydrogen) atoms. The third-order valence-electron chi connectivity index (χ3n) is 5.01. The molecule has 1 aliphatic carbocycles. The molecule has 1 saturated carbocycles. The van der Waals surface area contributed by atoms with Crippen LogP contribution in [0.15, 0.2) is 0 Å². The normalized spacial score (nSPS) is 27.9. The second-order valence-corrected chi connectivity index (χ2v) is 6.48. The summed E-state index contributed by atoms with van der Waals surface area (Å²) < 4.78 is 5.79. The van der Waals surface area contributed by atoms with Crippen molar-refractivity contribution in [3.8, 4) is 0 Å². The van der Waals surface area contributed by atoms with Crippen molar-refractivity contribution in [2.24, 2.45) is 5.92 Å². The third kappa shape index (κ3) is 5.43. The maximum absolute atomic E-state index is 5.79. The van der Waals surface area contributed by atoms with Crippen molar-refractivity contribution in [2.75, 3.05) is 13.2 Å². The first-order chi connectivity index (χ1) is 9.40. The molecule has 2 aliphatic rings. The largest absolute Gasteiger partial charge is 0.378 e. The summed E-state index contributed by atoms with van der Waals surface area (Å²) in [6, 6.07) is 0.743. The Morgan fingerprint density at radius 1 is 1.00 bits per heavy atom. The second-order valence-electron chi connectivity index (χ2n) is 6.48. The summed E-state index contributed by atoms with van der Waals surface area (Å²) in [7, 11) is 0. The highest BCUT2D eigenvalue weighted by atomic mass is 16.5. The van der Waals surface area contributed by atoms with E-state index in [1.54, 1.807) is 0 Å². The molecule has 2 rings (SSSR count). The summed E-state index contributed by atoms with van der Waals surface area (Å²) in [4.78, 5) is 0. The minimum Gasteiger partial charge on any atom is -0.378 e. The Labute approximate surface area is 119 Å². The number of hydrogen-bond acceptors (Lipinski definition) is 2. The first kappa shape index (κ1) is 15.3. The van der Waals surface area contributed by atoms with Gasteiger partial charge in [-0.3, -0.25) is 0 Å². The van der Waals surface area contributed by atoms with E-state index in [9.17, 15) is 0 Å². The summed E-state index contributed by atoms with van der Waals surface area (Å²) in [5, 5.41) is 3.77. The predicted octanol–water partition coefficient (Wildman–Crippen LogP) is 4.28. The molecule has 1 heterocycles. The van der Waals surface area contributed by atoms with Crippen LogP contribution >= 0.6 is 0 Å². The van der Waals surface area contributed by atoms with Crippen LogP contribution < -0.4 is 5.32 Å². The zero-order valence-corrected chi connectivity index (χ0v) is 12.8. The lowest BCUT2D eigenvalue weighted by Gasteiger charge is -2.30. The molecule has 0 radical (unpaired) electrons. The Hall–Kier alpha value is -0.0800. The lowest BCUT2D eigenvalue weighted by Crippen LogP contribution is -2.37. The molecule has 0 aromatic heterocycles. The average molecular weight is 267 g/mol. The monoisotopic (exact) mass is 267 g/mol. The molecule has 0 bridgehead atoms. The highest BCUT2D eigenvalue weighted by Crippen LogP contribution is 2.28. The van der Waals surface area contributed by atoms with Crippen molar-refractivity contribution in [3.05, 3.63) is 0 Å². The highest BCUT2D eigenvalue weighted by molar-refractivity contribution is 4.79. The van der Waals surface area contributed by atoms with Crippen molar-refractivity contribution >= 4 is 0 Å². The first-order valence-corrected chi connectivity index (χ1v) is 8.75. The maximum Gasteiger partial charge on any atom is 0.0576 e. The Morgan fingerprint density at radius 3 is 2.37 bits per heavy atom. The van der Waals surface area contributed by atoms with Crippen LogP contribution in [0, 0.1) is 5.92 Å². The Morgan fingerprint density at radius 2 is 1.74 bits per heavy atom. The quantitative estimate of drug-likeness (QED) is 0.775. The van der Waals surface area contributed by atoms with Gasteiger partial charge in [-0.2, -0.15) is 0 Å². The smallest absolute Gasteiger partial charge is 0.0576 e. The van der Waals surface area contributed by atoms with E-state index in [1.807, 2.05) is 0 Å². The molecular formula is C17H33NO. The number of rotatable bonds is 6. The summed E-state index contributed by atoms with van der Waals surface area (Å²) in [6.45, 7) is 4.37. The van der Waals surface area contributed by atoms with Crippen LogP contribution in [-0.2, 0) is 4.74 Å². The standard InChI is InChI=1S/C17H33NO/c1-2-18-17(13-12-16-11-8-14-19-16)15-9-6-4-3-5-7-10-15/h15-18H,2-14H2,1H3. The van der Waals surface area contributed by atoms with Crippen LogP contribution in [0.2, 0.25) is 0 Å². The minimum absolute atomic E-state index is 0.565. The van der Waals surface area contributed by atoms with Gasteiger partial charge in [0.15, 0.2) is 0 Å². The Kier molecular flexibility index (Phi) is 7.23. The molecule has 1 aliphatic heterocycles. The van der Waals surface area contributed by atoms with E-state index in [1.165, 1.54) is 70.6 Å². The topological polar surface area (TPSA) is 21.3 Å². The highest BCUT2D eigenvalue weighted by Gasteiger charge is 2.23. The van der Waals surface area contributed by atoms with Gasteiger partial charge in [0.2, 0.25) is 0 Å². The molecule has 2 unspecified atom stereocenters. The van der Waals surface area contributed by atoms with Gasteiger partial charge in [-0.05, 0) is 51.0 Å². The van der Waals surface area contributed by atoms with Crippen LogP contribution in [0.5, 0.6) is 0 Å². The van der Waals surface area contributed by atoms with Gasteiger partial charge in [-0.1, -0.05) is 39.0 Å². The molecule has 2 fully saturated rings. The molecule has 0 spiro atoms. The van der Waals surface area contributed by atoms with Gasteiger partial charge in [0.1, 0.15) is 0 Å². The van der Waals surface area contributed by atoms with Crippen LogP contribution in [0.4, 0.5) is 0 Å². The van der Waals surface area contributed by atoms with Crippen LogP contribution in [0.25, 0.3) is 0 Å².